The van der Waals surface area contributed by atoms with Gasteiger partial charge in [-0.2, -0.15) is 0 Å². The molecule has 6 heteroatoms. The molecule has 0 amide bonds. The first-order valence-corrected chi connectivity index (χ1v) is 29.4. The van der Waals surface area contributed by atoms with Crippen LogP contribution in [0.15, 0.2) is 72.9 Å². The highest BCUT2D eigenvalue weighted by Gasteiger charge is 2.19. The zero-order valence-electron chi connectivity index (χ0n) is 45.6. The van der Waals surface area contributed by atoms with Gasteiger partial charge in [0.2, 0.25) is 0 Å². The highest BCUT2D eigenvalue weighted by molar-refractivity contribution is 5.71. The second kappa shape index (κ2) is 57.4. The minimum absolute atomic E-state index is 0.0874. The molecule has 0 rings (SSSR count). The van der Waals surface area contributed by atoms with Crippen LogP contribution in [-0.4, -0.2) is 37.2 Å². The van der Waals surface area contributed by atoms with Crippen LogP contribution < -0.4 is 0 Å². The maximum Gasteiger partial charge on any atom is 0.306 e. The average Bonchev–Trinajstić information content (AvgIpc) is 3.35. The van der Waals surface area contributed by atoms with E-state index in [1.54, 1.807) is 0 Å². The van der Waals surface area contributed by atoms with Crippen LogP contribution in [-0.2, 0) is 28.6 Å². The Hall–Kier alpha value is -3.15. The normalized spacial score (nSPS) is 12.6. The van der Waals surface area contributed by atoms with E-state index >= 15 is 0 Å². The van der Waals surface area contributed by atoms with E-state index in [2.05, 4.69) is 93.7 Å². The van der Waals surface area contributed by atoms with Gasteiger partial charge in [-0.1, -0.05) is 229 Å². The van der Waals surface area contributed by atoms with Crippen LogP contribution in [0.2, 0.25) is 0 Å². The highest BCUT2D eigenvalue weighted by Crippen LogP contribution is 2.15. The molecule has 0 radical (unpaired) electrons. The number of ether oxygens (including phenoxy) is 3. The quantitative estimate of drug-likeness (QED) is 0.0262. The molecular formula is C63H110O6. The summed E-state index contributed by atoms with van der Waals surface area (Å²) in [7, 11) is 0. The minimum Gasteiger partial charge on any atom is -0.462 e. The first-order valence-electron chi connectivity index (χ1n) is 29.4. The fourth-order valence-electron chi connectivity index (χ4n) is 8.18. The largest absolute Gasteiger partial charge is 0.462 e. The molecule has 0 aliphatic carbocycles. The Labute approximate surface area is 427 Å². The number of hydrogen-bond donors (Lipinski definition) is 0. The summed E-state index contributed by atoms with van der Waals surface area (Å²) in [6, 6.07) is 0. The van der Waals surface area contributed by atoms with Crippen molar-refractivity contribution in [2.75, 3.05) is 13.2 Å². The Morgan fingerprint density at radius 3 is 0.826 bits per heavy atom. The van der Waals surface area contributed by atoms with Crippen molar-refractivity contribution in [3.63, 3.8) is 0 Å². The third kappa shape index (κ3) is 55.6. The number of esters is 3. The number of carbonyl (C=O) groups is 3. The van der Waals surface area contributed by atoms with Crippen LogP contribution >= 0.6 is 0 Å². The van der Waals surface area contributed by atoms with Gasteiger partial charge in [0.15, 0.2) is 6.10 Å². The first kappa shape index (κ1) is 65.8. The van der Waals surface area contributed by atoms with Crippen molar-refractivity contribution < 1.29 is 28.6 Å². The predicted octanol–water partition coefficient (Wildman–Crippen LogP) is 19.8. The number of allylic oxidation sites excluding steroid dienone is 12. The van der Waals surface area contributed by atoms with Crippen LogP contribution in [0, 0.1) is 0 Å². The molecule has 0 saturated heterocycles. The maximum atomic E-state index is 12.9. The smallest absolute Gasteiger partial charge is 0.306 e. The summed E-state index contributed by atoms with van der Waals surface area (Å²) in [5.74, 6) is -0.910. The molecule has 0 saturated carbocycles. The lowest BCUT2D eigenvalue weighted by Gasteiger charge is -2.18. The van der Waals surface area contributed by atoms with Crippen molar-refractivity contribution in [2.24, 2.45) is 0 Å². The molecule has 0 aliphatic rings. The molecule has 0 aromatic rings. The number of unbranched alkanes of at least 4 members (excludes halogenated alkanes) is 30. The van der Waals surface area contributed by atoms with Gasteiger partial charge in [0.25, 0.3) is 0 Å². The van der Waals surface area contributed by atoms with E-state index in [4.69, 9.17) is 14.2 Å². The summed E-state index contributed by atoms with van der Waals surface area (Å²) in [4.78, 5) is 38.2. The van der Waals surface area contributed by atoms with E-state index in [0.29, 0.717) is 19.3 Å². The van der Waals surface area contributed by atoms with Crippen LogP contribution in [0.4, 0.5) is 0 Å². The highest BCUT2D eigenvalue weighted by atomic mass is 16.6. The monoisotopic (exact) mass is 963 g/mol. The Balaban J connectivity index is 4.42. The van der Waals surface area contributed by atoms with Gasteiger partial charge in [-0.05, 0) is 116 Å². The Morgan fingerprint density at radius 2 is 0.522 bits per heavy atom. The second-order valence-corrected chi connectivity index (χ2v) is 19.5. The Kier molecular flexibility index (Phi) is 54.8. The molecule has 0 bridgehead atoms. The summed E-state index contributed by atoms with van der Waals surface area (Å²) < 4.78 is 16.9. The van der Waals surface area contributed by atoms with Crippen molar-refractivity contribution in [3.05, 3.63) is 72.9 Å². The SMILES string of the molecule is CCCCC/C=C\C/C=C\CCCCCCCCCCCC(=O)OCC(COC(=O)CCCCCCC/C=C\C/C=C\CCCCCC)OC(=O)CCCCCCC/C=C\C/C=C\CCCCCC. The lowest BCUT2D eigenvalue weighted by atomic mass is 10.1. The third-order valence-electron chi connectivity index (χ3n) is 12.7. The number of rotatable bonds is 53. The first-order chi connectivity index (χ1) is 34.0. The molecule has 1 unspecified atom stereocenters. The van der Waals surface area contributed by atoms with Gasteiger partial charge in [0.05, 0.1) is 0 Å². The van der Waals surface area contributed by atoms with E-state index in [1.807, 2.05) is 0 Å². The topological polar surface area (TPSA) is 78.9 Å². The molecule has 1 atom stereocenters. The third-order valence-corrected chi connectivity index (χ3v) is 12.7. The lowest BCUT2D eigenvalue weighted by molar-refractivity contribution is -0.167. The molecule has 6 nitrogen and oxygen atoms in total. The van der Waals surface area contributed by atoms with Crippen molar-refractivity contribution in [2.45, 2.75) is 297 Å². The van der Waals surface area contributed by atoms with Gasteiger partial charge in [-0.25, -0.2) is 0 Å². The van der Waals surface area contributed by atoms with Gasteiger partial charge < -0.3 is 14.2 Å². The van der Waals surface area contributed by atoms with Crippen LogP contribution in [0.5, 0.6) is 0 Å². The van der Waals surface area contributed by atoms with Crippen molar-refractivity contribution >= 4 is 17.9 Å². The number of hydrogen-bond acceptors (Lipinski definition) is 6. The minimum atomic E-state index is -0.791. The van der Waals surface area contributed by atoms with E-state index in [1.165, 1.54) is 141 Å². The molecule has 0 N–H and O–H groups in total. The summed E-state index contributed by atoms with van der Waals surface area (Å²) in [5.41, 5.74) is 0. The number of carbonyl (C=O) groups excluding carboxylic acids is 3. The van der Waals surface area contributed by atoms with E-state index in [0.717, 1.165) is 109 Å². The standard InChI is InChI=1S/C63H110O6/c1-4-7-10-13-16-19-22-25-28-31-32-33-36-38-41-44-47-50-53-56-62(65)68-59-60(69-63(66)57-54-51-48-45-42-39-35-30-27-24-21-18-15-12-9-6-3)58-67-61(64)55-52-49-46-43-40-37-34-29-26-23-20-17-14-11-8-5-2/h16,19-21,23-25,28-30,34-35,60H,4-15,17-18,22,26-27,31-33,36-59H2,1-3H3/b19-16-,23-20-,24-21-,28-25-,34-29-,35-30-. The molecule has 0 aliphatic heterocycles. The predicted molar refractivity (Wildman–Crippen MR) is 298 cm³/mol. The molecule has 0 aromatic heterocycles. The maximum absolute atomic E-state index is 12.9. The summed E-state index contributed by atoms with van der Waals surface area (Å²) in [6.07, 6.45) is 73.1. The molecule has 0 fully saturated rings. The summed E-state index contributed by atoms with van der Waals surface area (Å²) in [5, 5.41) is 0. The molecule has 398 valence electrons. The molecular weight excluding hydrogens is 853 g/mol. The van der Waals surface area contributed by atoms with Crippen molar-refractivity contribution in [1.82, 2.24) is 0 Å². The zero-order chi connectivity index (χ0) is 50.0. The van der Waals surface area contributed by atoms with E-state index in [-0.39, 0.29) is 31.1 Å². The summed E-state index contributed by atoms with van der Waals surface area (Å²) in [6.45, 7) is 6.57. The lowest BCUT2D eigenvalue weighted by Crippen LogP contribution is -2.30. The van der Waals surface area contributed by atoms with Gasteiger partial charge in [0.1, 0.15) is 13.2 Å². The van der Waals surface area contributed by atoms with Gasteiger partial charge in [0, 0.05) is 19.3 Å². The van der Waals surface area contributed by atoms with E-state index in [9.17, 15) is 14.4 Å². The average molecular weight is 964 g/mol. The van der Waals surface area contributed by atoms with Gasteiger partial charge in [-0.3, -0.25) is 14.4 Å². The molecule has 0 aromatic carbocycles. The fraction of sp³-hybridized carbons (Fsp3) is 0.762. The van der Waals surface area contributed by atoms with Gasteiger partial charge >= 0.3 is 17.9 Å². The zero-order valence-corrected chi connectivity index (χ0v) is 45.6. The Morgan fingerprint density at radius 1 is 0.290 bits per heavy atom. The fourth-order valence-corrected chi connectivity index (χ4v) is 8.18. The van der Waals surface area contributed by atoms with Crippen molar-refractivity contribution in [3.8, 4) is 0 Å². The van der Waals surface area contributed by atoms with E-state index < -0.39 is 6.10 Å². The molecule has 0 spiro atoms. The van der Waals surface area contributed by atoms with Crippen LogP contribution in [0.25, 0.3) is 0 Å². The van der Waals surface area contributed by atoms with Crippen LogP contribution in [0.1, 0.15) is 290 Å². The van der Waals surface area contributed by atoms with Crippen LogP contribution in [0.3, 0.4) is 0 Å². The summed E-state index contributed by atoms with van der Waals surface area (Å²) >= 11 is 0. The molecule has 69 heavy (non-hydrogen) atoms. The Bertz CT molecular complexity index is 1290. The molecule has 0 heterocycles. The van der Waals surface area contributed by atoms with Crippen molar-refractivity contribution in [1.29, 1.82) is 0 Å². The second-order valence-electron chi connectivity index (χ2n) is 19.5. The van der Waals surface area contributed by atoms with Gasteiger partial charge in [-0.15, -0.1) is 0 Å².